The molecule has 1 N–H and O–H groups in total. The van der Waals surface area contributed by atoms with Crippen molar-refractivity contribution in [1.82, 2.24) is 5.01 Å². The van der Waals surface area contributed by atoms with E-state index >= 15 is 0 Å². The molecule has 0 fully saturated rings. The summed E-state index contributed by atoms with van der Waals surface area (Å²) < 4.78 is 9.32. The highest BCUT2D eigenvalue weighted by Gasteiger charge is 2.38. The van der Waals surface area contributed by atoms with Crippen LogP contribution in [0.25, 0.3) is 0 Å². The van der Waals surface area contributed by atoms with Crippen molar-refractivity contribution in [2.75, 3.05) is 13.8 Å². The standard InChI is InChI=1S/C11H21N3O7/c1-10(2,3)21-9(17)19-7-20-12-14(18)13(6)11(4,5)8(15)16/h7H2,1-6H3,(H,15,16). The van der Waals surface area contributed by atoms with Gasteiger partial charge in [0.25, 0.3) is 6.79 Å². The summed E-state index contributed by atoms with van der Waals surface area (Å²) >= 11 is 0. The molecule has 0 heterocycles. The van der Waals surface area contributed by atoms with Crippen molar-refractivity contribution in [2.45, 2.75) is 45.8 Å². The van der Waals surface area contributed by atoms with Gasteiger partial charge in [-0.1, -0.05) is 0 Å². The van der Waals surface area contributed by atoms with Crippen molar-refractivity contribution in [1.29, 1.82) is 0 Å². The molecule has 0 rings (SSSR count). The second kappa shape index (κ2) is 6.95. The van der Waals surface area contributed by atoms with Crippen molar-refractivity contribution in [3.05, 3.63) is 5.21 Å². The third-order valence-corrected chi connectivity index (χ3v) is 2.34. The molecule has 0 saturated heterocycles. The highest BCUT2D eigenvalue weighted by molar-refractivity contribution is 5.77. The molecule has 0 aromatic rings. The average molecular weight is 307 g/mol. The van der Waals surface area contributed by atoms with E-state index in [1.165, 1.54) is 20.9 Å². The lowest BCUT2D eigenvalue weighted by Gasteiger charge is -2.26. The number of carboxylic acid groups (broad SMARTS) is 1. The van der Waals surface area contributed by atoms with Crippen LogP contribution in [-0.4, -0.2) is 52.2 Å². The van der Waals surface area contributed by atoms with Gasteiger partial charge in [-0.2, -0.15) is 0 Å². The molecule has 0 aliphatic heterocycles. The summed E-state index contributed by atoms with van der Waals surface area (Å²) in [6.45, 7) is 6.94. The van der Waals surface area contributed by atoms with E-state index in [1.807, 2.05) is 0 Å². The van der Waals surface area contributed by atoms with Crippen molar-refractivity contribution >= 4 is 12.1 Å². The number of rotatable bonds is 6. The number of aliphatic carboxylic acids is 1. The third-order valence-electron chi connectivity index (χ3n) is 2.34. The Kier molecular flexibility index (Phi) is 6.20. The fraction of sp³-hybridized carbons (Fsp3) is 0.818. The van der Waals surface area contributed by atoms with E-state index in [-0.39, 0.29) is 4.97 Å². The van der Waals surface area contributed by atoms with Crippen LogP contribution in [0.2, 0.25) is 0 Å². The first-order chi connectivity index (χ1) is 9.38. The summed E-state index contributed by atoms with van der Waals surface area (Å²) in [7, 11) is 1.22. The molecule has 0 aromatic carbocycles. The Morgan fingerprint density at radius 1 is 1.29 bits per heavy atom. The van der Waals surface area contributed by atoms with Gasteiger partial charge in [-0.15, -0.1) is 5.01 Å². The predicted octanol–water partition coefficient (Wildman–Crippen LogP) is 1.50. The molecule has 0 bridgehead atoms. The monoisotopic (exact) mass is 307 g/mol. The van der Waals surface area contributed by atoms with Crippen molar-refractivity contribution < 1.29 is 34.0 Å². The van der Waals surface area contributed by atoms with E-state index in [0.29, 0.717) is 0 Å². The second-order valence-electron chi connectivity index (χ2n) is 5.58. The number of likely N-dealkylation sites (N-methyl/N-ethyl adjacent to an activating group) is 1. The molecule has 0 spiro atoms. The molecule has 0 radical (unpaired) electrons. The van der Waals surface area contributed by atoms with Crippen molar-refractivity contribution in [3.8, 4) is 0 Å². The molecule has 122 valence electrons. The van der Waals surface area contributed by atoms with Crippen LogP contribution in [0, 0.1) is 5.21 Å². The molecule has 0 aliphatic rings. The number of ether oxygens (including phenoxy) is 2. The smallest absolute Gasteiger partial charge is 0.511 e. The SMILES string of the molecule is CN([N+]([O-])=NOCOC(=O)OC(C)(C)C)C(C)(C)C(=O)O. The number of carbonyl (C=O) groups is 2. The van der Waals surface area contributed by atoms with Crippen LogP contribution < -0.4 is 0 Å². The number of hydrogen-bond acceptors (Lipinski definition) is 7. The van der Waals surface area contributed by atoms with Crippen LogP contribution in [0.4, 0.5) is 4.79 Å². The lowest BCUT2D eigenvalue weighted by atomic mass is 10.1. The Morgan fingerprint density at radius 2 is 1.81 bits per heavy atom. The second-order valence-corrected chi connectivity index (χ2v) is 5.58. The average Bonchev–Trinajstić information content (AvgIpc) is 2.30. The lowest BCUT2D eigenvalue weighted by molar-refractivity contribution is -0.718. The summed E-state index contributed by atoms with van der Waals surface area (Å²) in [5, 5.41) is 24.3. The van der Waals surface area contributed by atoms with Gasteiger partial charge in [-0.05, 0) is 34.6 Å². The predicted molar refractivity (Wildman–Crippen MR) is 68.8 cm³/mol. The summed E-state index contributed by atoms with van der Waals surface area (Å²) in [6.07, 6.45) is -0.977. The Hall–Kier alpha value is -2.26. The Morgan fingerprint density at radius 3 is 2.24 bits per heavy atom. The summed E-state index contributed by atoms with van der Waals surface area (Å²) in [4.78, 5) is 26.5. The Bertz CT molecular complexity index is 415. The maximum atomic E-state index is 11.5. The van der Waals surface area contributed by atoms with E-state index in [2.05, 4.69) is 14.9 Å². The largest absolute Gasteiger partial charge is 0.569 e. The molecular formula is C11H21N3O7. The van der Waals surface area contributed by atoms with Gasteiger partial charge in [-0.25, -0.2) is 9.59 Å². The van der Waals surface area contributed by atoms with Crippen molar-refractivity contribution in [2.24, 2.45) is 5.28 Å². The molecule has 0 saturated carbocycles. The highest BCUT2D eigenvalue weighted by Crippen LogP contribution is 2.12. The lowest BCUT2D eigenvalue weighted by Crippen LogP contribution is -2.50. The molecule has 0 unspecified atom stereocenters. The first-order valence-corrected chi connectivity index (χ1v) is 6.01. The minimum absolute atomic E-state index is 0.0629. The summed E-state index contributed by atoms with van der Waals surface area (Å²) in [5.41, 5.74) is -2.20. The van der Waals surface area contributed by atoms with Gasteiger partial charge in [0, 0.05) is 0 Å². The van der Waals surface area contributed by atoms with Crippen LogP contribution >= 0.6 is 0 Å². The molecule has 0 aromatic heterocycles. The maximum absolute atomic E-state index is 11.5. The zero-order valence-corrected chi connectivity index (χ0v) is 12.9. The Balaban J connectivity index is 4.32. The van der Waals surface area contributed by atoms with E-state index in [9.17, 15) is 14.8 Å². The number of nitrogens with zero attached hydrogens (tertiary/aromatic N) is 3. The molecular weight excluding hydrogens is 286 g/mol. The molecule has 10 heteroatoms. The summed E-state index contributed by atoms with van der Waals surface area (Å²) in [6, 6.07) is 0. The highest BCUT2D eigenvalue weighted by atomic mass is 16.8. The van der Waals surface area contributed by atoms with Crippen molar-refractivity contribution in [3.63, 3.8) is 0 Å². The van der Waals surface area contributed by atoms with E-state index < -0.39 is 30.1 Å². The minimum Gasteiger partial charge on any atom is -0.569 e. The number of carbonyl (C=O) groups excluding carboxylic acids is 1. The van der Waals surface area contributed by atoms with Gasteiger partial charge in [0.15, 0.2) is 5.54 Å². The van der Waals surface area contributed by atoms with Crippen LogP contribution in [0.15, 0.2) is 5.28 Å². The topological polar surface area (TPSA) is 124 Å². The normalized spacial score (nSPS) is 12.6. The van der Waals surface area contributed by atoms with E-state index in [4.69, 9.17) is 9.84 Å². The van der Waals surface area contributed by atoms with Gasteiger partial charge in [-0.3, -0.25) is 0 Å². The molecule has 0 atom stereocenters. The first-order valence-electron chi connectivity index (χ1n) is 6.01. The number of hydrazine groups is 1. The molecule has 10 nitrogen and oxygen atoms in total. The van der Waals surface area contributed by atoms with Crippen LogP contribution in [0.5, 0.6) is 0 Å². The Labute approximate surface area is 122 Å². The maximum Gasteiger partial charge on any atom is 0.511 e. The zero-order valence-electron chi connectivity index (χ0n) is 12.9. The fourth-order valence-corrected chi connectivity index (χ4v) is 0.834. The van der Waals surface area contributed by atoms with Gasteiger partial charge in [0.1, 0.15) is 5.60 Å². The van der Waals surface area contributed by atoms with Crippen LogP contribution in [0.3, 0.4) is 0 Å². The van der Waals surface area contributed by atoms with Crippen LogP contribution in [-0.2, 0) is 19.1 Å². The number of hydrogen-bond donors (Lipinski definition) is 1. The molecule has 21 heavy (non-hydrogen) atoms. The van der Waals surface area contributed by atoms with Gasteiger partial charge in [0.05, 0.1) is 12.0 Å². The third kappa shape index (κ3) is 6.63. The molecule has 0 amide bonds. The zero-order chi connectivity index (χ0) is 16.8. The van der Waals surface area contributed by atoms with Crippen LogP contribution in [0.1, 0.15) is 34.6 Å². The van der Waals surface area contributed by atoms with E-state index in [1.54, 1.807) is 20.8 Å². The minimum atomic E-state index is -1.49. The van der Waals surface area contributed by atoms with Gasteiger partial charge < -0.3 is 24.6 Å². The van der Waals surface area contributed by atoms with Gasteiger partial charge >= 0.3 is 12.1 Å². The first kappa shape index (κ1) is 18.7. The quantitative estimate of drug-likeness (QED) is 0.195. The number of carboxylic acids is 1. The summed E-state index contributed by atoms with van der Waals surface area (Å²) in [5.74, 6) is -1.22. The fourth-order valence-electron chi connectivity index (χ4n) is 0.834. The van der Waals surface area contributed by atoms with E-state index in [0.717, 1.165) is 5.01 Å². The van der Waals surface area contributed by atoms with Gasteiger partial charge in [0.2, 0.25) is 5.28 Å². The molecule has 0 aliphatic carbocycles.